The Morgan fingerprint density at radius 1 is 1.60 bits per heavy atom. The zero-order valence-electron chi connectivity index (χ0n) is 9.45. The monoisotopic (exact) mass is 210 g/mol. The summed E-state index contributed by atoms with van der Waals surface area (Å²) in [7, 11) is 3.36. The highest BCUT2D eigenvalue weighted by molar-refractivity contribution is 5.77. The van der Waals surface area contributed by atoms with Crippen LogP contribution in [-0.2, 0) is 9.53 Å². The van der Waals surface area contributed by atoms with Crippen LogP contribution in [0.3, 0.4) is 0 Å². The van der Waals surface area contributed by atoms with Crippen LogP contribution in [-0.4, -0.2) is 37.1 Å². The zero-order valence-corrected chi connectivity index (χ0v) is 9.45. The molecule has 0 aliphatic heterocycles. The molecule has 0 spiro atoms. The first kappa shape index (κ1) is 12.0. The van der Waals surface area contributed by atoms with Gasteiger partial charge in [0.1, 0.15) is 5.54 Å². The third-order valence-corrected chi connectivity index (χ3v) is 3.14. The third kappa shape index (κ3) is 2.48. The van der Waals surface area contributed by atoms with Crippen molar-refractivity contribution in [2.24, 2.45) is 0 Å². The first-order valence-corrected chi connectivity index (χ1v) is 5.33. The van der Waals surface area contributed by atoms with E-state index in [-0.39, 0.29) is 5.91 Å². The largest absolute Gasteiger partial charge is 0.385 e. The van der Waals surface area contributed by atoms with Crippen LogP contribution in [0.4, 0.5) is 0 Å². The van der Waals surface area contributed by atoms with Gasteiger partial charge in [0.25, 0.3) is 0 Å². The summed E-state index contributed by atoms with van der Waals surface area (Å²) in [5, 5.41) is 9.06. The van der Waals surface area contributed by atoms with Crippen molar-refractivity contribution in [1.29, 1.82) is 5.26 Å². The first-order valence-electron chi connectivity index (χ1n) is 5.33. The summed E-state index contributed by atoms with van der Waals surface area (Å²) in [5.74, 6) is 0.0494. The minimum atomic E-state index is -0.510. The summed E-state index contributed by atoms with van der Waals surface area (Å²) < 4.78 is 4.89. The van der Waals surface area contributed by atoms with Crippen molar-refractivity contribution in [3.8, 4) is 6.07 Å². The van der Waals surface area contributed by atoms with E-state index >= 15 is 0 Å². The maximum atomic E-state index is 11.7. The standard InChI is InChI=1S/C11H18N2O2/c1-13(10(14)5-3-8-15-2)11(9-12)6-4-7-11/h3-8H2,1-2H3. The third-order valence-electron chi connectivity index (χ3n) is 3.14. The Balaban J connectivity index is 2.42. The molecule has 0 atom stereocenters. The molecule has 0 saturated heterocycles. The van der Waals surface area contributed by atoms with Crippen LogP contribution >= 0.6 is 0 Å². The lowest BCUT2D eigenvalue weighted by molar-refractivity contribution is -0.136. The molecule has 0 aromatic carbocycles. The number of carbonyl (C=O) groups excluding carboxylic acids is 1. The number of hydrogen-bond acceptors (Lipinski definition) is 3. The van der Waals surface area contributed by atoms with Gasteiger partial charge in [0.15, 0.2) is 0 Å². The SMILES string of the molecule is COCCCC(=O)N(C)C1(C#N)CCC1. The molecule has 0 bridgehead atoms. The van der Waals surface area contributed by atoms with Crippen molar-refractivity contribution in [1.82, 2.24) is 4.90 Å². The topological polar surface area (TPSA) is 53.3 Å². The minimum Gasteiger partial charge on any atom is -0.385 e. The van der Waals surface area contributed by atoms with Gasteiger partial charge in [-0.05, 0) is 25.7 Å². The fourth-order valence-corrected chi connectivity index (χ4v) is 1.81. The minimum absolute atomic E-state index is 0.0494. The van der Waals surface area contributed by atoms with Crippen LogP contribution in [0.1, 0.15) is 32.1 Å². The smallest absolute Gasteiger partial charge is 0.223 e. The highest BCUT2D eigenvalue weighted by Gasteiger charge is 2.42. The molecule has 1 saturated carbocycles. The quantitative estimate of drug-likeness (QED) is 0.643. The Kier molecular flexibility index (Phi) is 4.10. The first-order chi connectivity index (χ1) is 7.16. The number of carbonyl (C=O) groups is 1. The average Bonchev–Trinajstić information content (AvgIpc) is 2.17. The van der Waals surface area contributed by atoms with Gasteiger partial charge in [-0.25, -0.2) is 0 Å². The van der Waals surface area contributed by atoms with Crippen LogP contribution < -0.4 is 0 Å². The van der Waals surface area contributed by atoms with E-state index in [2.05, 4.69) is 6.07 Å². The summed E-state index contributed by atoms with van der Waals surface area (Å²) in [6.07, 6.45) is 3.87. The highest BCUT2D eigenvalue weighted by Crippen LogP contribution is 2.36. The zero-order chi connectivity index (χ0) is 11.3. The molecule has 15 heavy (non-hydrogen) atoms. The van der Waals surface area contributed by atoms with Crippen LogP contribution in [0.2, 0.25) is 0 Å². The van der Waals surface area contributed by atoms with E-state index < -0.39 is 5.54 Å². The van der Waals surface area contributed by atoms with Gasteiger partial charge in [0.2, 0.25) is 5.91 Å². The molecule has 1 amide bonds. The Morgan fingerprint density at radius 2 is 2.27 bits per heavy atom. The van der Waals surface area contributed by atoms with E-state index in [4.69, 9.17) is 10.00 Å². The molecule has 0 radical (unpaired) electrons. The molecule has 1 fully saturated rings. The predicted octanol–water partition coefficient (Wildman–Crippen LogP) is 1.32. The molecular weight excluding hydrogens is 192 g/mol. The molecule has 0 aromatic heterocycles. The highest BCUT2D eigenvalue weighted by atomic mass is 16.5. The lowest BCUT2D eigenvalue weighted by Crippen LogP contribution is -2.53. The molecule has 1 aliphatic carbocycles. The van der Waals surface area contributed by atoms with Gasteiger partial charge in [0.05, 0.1) is 6.07 Å². The predicted molar refractivity (Wildman–Crippen MR) is 56.1 cm³/mol. The van der Waals surface area contributed by atoms with Crippen molar-refractivity contribution in [3.05, 3.63) is 0 Å². The molecule has 84 valence electrons. The van der Waals surface area contributed by atoms with E-state index in [1.54, 1.807) is 19.1 Å². The lowest BCUT2D eigenvalue weighted by atomic mass is 9.76. The van der Waals surface area contributed by atoms with Crippen molar-refractivity contribution in [2.75, 3.05) is 20.8 Å². The fraction of sp³-hybridized carbons (Fsp3) is 0.818. The Bertz CT molecular complexity index is 266. The summed E-state index contributed by atoms with van der Waals surface area (Å²) in [6, 6.07) is 2.26. The van der Waals surface area contributed by atoms with Crippen LogP contribution in [0.15, 0.2) is 0 Å². The van der Waals surface area contributed by atoms with Crippen molar-refractivity contribution < 1.29 is 9.53 Å². The Hall–Kier alpha value is -1.08. The number of rotatable bonds is 5. The number of nitriles is 1. The summed E-state index contributed by atoms with van der Waals surface area (Å²) in [6.45, 7) is 0.596. The van der Waals surface area contributed by atoms with Gasteiger partial charge >= 0.3 is 0 Å². The van der Waals surface area contributed by atoms with E-state index in [1.165, 1.54) is 0 Å². The van der Waals surface area contributed by atoms with Gasteiger partial charge in [-0.2, -0.15) is 5.26 Å². The van der Waals surface area contributed by atoms with E-state index in [1.807, 2.05) is 0 Å². The number of hydrogen-bond donors (Lipinski definition) is 0. The number of ether oxygens (including phenoxy) is 1. The van der Waals surface area contributed by atoms with Gasteiger partial charge in [-0.1, -0.05) is 0 Å². The molecule has 1 aliphatic rings. The summed E-state index contributed by atoms with van der Waals surface area (Å²) >= 11 is 0. The van der Waals surface area contributed by atoms with Gasteiger partial charge in [0, 0.05) is 27.2 Å². The molecule has 0 N–H and O–H groups in total. The van der Waals surface area contributed by atoms with E-state index in [0.29, 0.717) is 13.0 Å². The Labute approximate surface area is 90.8 Å². The molecule has 1 rings (SSSR count). The average molecular weight is 210 g/mol. The van der Waals surface area contributed by atoms with Crippen LogP contribution in [0.5, 0.6) is 0 Å². The maximum Gasteiger partial charge on any atom is 0.223 e. The number of nitrogens with zero attached hydrogens (tertiary/aromatic N) is 2. The molecule has 4 nitrogen and oxygen atoms in total. The van der Waals surface area contributed by atoms with Crippen LogP contribution in [0.25, 0.3) is 0 Å². The normalized spacial score (nSPS) is 17.7. The van der Waals surface area contributed by atoms with E-state index in [9.17, 15) is 4.79 Å². The van der Waals surface area contributed by atoms with Crippen molar-refractivity contribution in [3.63, 3.8) is 0 Å². The second-order valence-electron chi connectivity index (χ2n) is 4.05. The number of methoxy groups -OCH3 is 1. The second kappa shape index (κ2) is 5.13. The molecular formula is C11H18N2O2. The van der Waals surface area contributed by atoms with Gasteiger partial charge < -0.3 is 9.64 Å². The molecule has 4 heteroatoms. The number of amides is 1. The van der Waals surface area contributed by atoms with Crippen molar-refractivity contribution in [2.45, 2.75) is 37.6 Å². The molecule has 0 heterocycles. The summed E-state index contributed by atoms with van der Waals surface area (Å²) in [4.78, 5) is 13.4. The fourth-order valence-electron chi connectivity index (χ4n) is 1.81. The van der Waals surface area contributed by atoms with E-state index in [0.717, 1.165) is 25.7 Å². The van der Waals surface area contributed by atoms with Gasteiger partial charge in [-0.3, -0.25) is 4.79 Å². The summed E-state index contributed by atoms with van der Waals surface area (Å²) in [5.41, 5.74) is -0.510. The molecule has 0 unspecified atom stereocenters. The Morgan fingerprint density at radius 3 is 2.67 bits per heavy atom. The second-order valence-corrected chi connectivity index (χ2v) is 4.05. The van der Waals surface area contributed by atoms with Crippen molar-refractivity contribution >= 4 is 5.91 Å². The maximum absolute atomic E-state index is 11.7. The van der Waals surface area contributed by atoms with Gasteiger partial charge in [-0.15, -0.1) is 0 Å². The molecule has 0 aromatic rings. The lowest BCUT2D eigenvalue weighted by Gasteiger charge is -2.43. The van der Waals surface area contributed by atoms with Crippen LogP contribution in [0, 0.1) is 11.3 Å².